The third-order valence-electron chi connectivity index (χ3n) is 2.41. The van der Waals surface area contributed by atoms with Crippen LogP contribution in [0.5, 0.6) is 5.75 Å². The molecule has 0 bridgehead atoms. The second kappa shape index (κ2) is 9.39. The van der Waals surface area contributed by atoms with Crippen LogP contribution in [0.4, 0.5) is 0 Å². The molecule has 1 aromatic carbocycles. The van der Waals surface area contributed by atoms with Crippen molar-refractivity contribution in [3.8, 4) is 5.75 Å². The number of ether oxygens (including phenoxy) is 2. The van der Waals surface area contributed by atoms with Crippen molar-refractivity contribution in [3.63, 3.8) is 0 Å². The molecule has 0 aliphatic heterocycles. The van der Waals surface area contributed by atoms with E-state index in [1.165, 1.54) is 0 Å². The zero-order valence-corrected chi connectivity index (χ0v) is 12.6. The van der Waals surface area contributed by atoms with Crippen molar-refractivity contribution in [2.24, 2.45) is 5.73 Å². The first-order chi connectivity index (χ1) is 9.15. The Morgan fingerprint density at radius 2 is 1.95 bits per heavy atom. The summed E-state index contributed by atoms with van der Waals surface area (Å²) in [7, 11) is 0. The van der Waals surface area contributed by atoms with E-state index in [0.29, 0.717) is 42.2 Å². The fraction of sp³-hybridized carbons (Fsp3) is 0.538. The third kappa shape index (κ3) is 6.45. The Kier molecular flexibility index (Phi) is 8.18. The van der Waals surface area contributed by atoms with E-state index in [9.17, 15) is 0 Å². The molecule has 4 nitrogen and oxygen atoms in total. The van der Waals surface area contributed by atoms with E-state index in [2.05, 4.69) is 5.32 Å². The van der Waals surface area contributed by atoms with Gasteiger partial charge >= 0.3 is 0 Å². The average Bonchev–Trinajstić information content (AvgIpc) is 2.35. The molecule has 1 aromatic rings. The standard InChI is InChI=1S/C13H20Cl2N2O2/c1-10-8-11(14)9-12(15)13(10)19-7-6-18-5-4-17-3-2-16/h8-9,17H,2-7,16H2,1H3. The molecule has 1 rings (SSSR count). The molecule has 0 saturated carbocycles. The van der Waals surface area contributed by atoms with E-state index < -0.39 is 0 Å². The van der Waals surface area contributed by atoms with Crippen molar-refractivity contribution >= 4 is 23.2 Å². The van der Waals surface area contributed by atoms with Gasteiger partial charge in [0.2, 0.25) is 0 Å². The summed E-state index contributed by atoms with van der Waals surface area (Å²) in [4.78, 5) is 0. The molecule has 0 fully saturated rings. The lowest BCUT2D eigenvalue weighted by molar-refractivity contribution is 0.102. The number of rotatable bonds is 9. The van der Waals surface area contributed by atoms with Crippen LogP contribution < -0.4 is 15.8 Å². The second-order valence-electron chi connectivity index (χ2n) is 4.03. The lowest BCUT2D eigenvalue weighted by atomic mass is 10.2. The van der Waals surface area contributed by atoms with Gasteiger partial charge in [0.25, 0.3) is 0 Å². The number of nitrogens with two attached hydrogens (primary N) is 1. The van der Waals surface area contributed by atoms with E-state index >= 15 is 0 Å². The van der Waals surface area contributed by atoms with E-state index in [1.54, 1.807) is 6.07 Å². The summed E-state index contributed by atoms with van der Waals surface area (Å²) in [6.07, 6.45) is 0. The van der Waals surface area contributed by atoms with E-state index in [-0.39, 0.29) is 0 Å². The molecule has 0 atom stereocenters. The van der Waals surface area contributed by atoms with Gasteiger partial charge in [0.15, 0.2) is 0 Å². The smallest absolute Gasteiger partial charge is 0.141 e. The minimum Gasteiger partial charge on any atom is -0.489 e. The SMILES string of the molecule is Cc1cc(Cl)cc(Cl)c1OCCOCCNCCN. The molecule has 3 N–H and O–H groups in total. The topological polar surface area (TPSA) is 56.5 Å². The number of hydrogen-bond donors (Lipinski definition) is 2. The second-order valence-corrected chi connectivity index (χ2v) is 4.88. The van der Waals surface area contributed by atoms with Crippen LogP contribution in [0.1, 0.15) is 5.56 Å². The van der Waals surface area contributed by atoms with Gasteiger partial charge in [-0.25, -0.2) is 0 Å². The molecule has 0 saturated heterocycles. The highest BCUT2D eigenvalue weighted by Gasteiger charge is 2.07. The summed E-state index contributed by atoms with van der Waals surface area (Å²) in [6, 6.07) is 3.49. The van der Waals surface area contributed by atoms with Crippen LogP contribution in [-0.4, -0.2) is 39.5 Å². The van der Waals surface area contributed by atoms with Gasteiger partial charge in [-0.2, -0.15) is 0 Å². The zero-order valence-electron chi connectivity index (χ0n) is 11.0. The zero-order chi connectivity index (χ0) is 14.1. The molecular weight excluding hydrogens is 287 g/mol. The summed E-state index contributed by atoms with van der Waals surface area (Å²) in [5, 5.41) is 4.27. The van der Waals surface area contributed by atoms with Crippen LogP contribution in [0.3, 0.4) is 0 Å². The van der Waals surface area contributed by atoms with Gasteiger partial charge in [-0.3, -0.25) is 0 Å². The molecule has 19 heavy (non-hydrogen) atoms. The highest BCUT2D eigenvalue weighted by molar-refractivity contribution is 6.35. The number of hydrogen-bond acceptors (Lipinski definition) is 4. The van der Waals surface area contributed by atoms with Crippen LogP contribution in [0.15, 0.2) is 12.1 Å². The van der Waals surface area contributed by atoms with Crippen LogP contribution >= 0.6 is 23.2 Å². The van der Waals surface area contributed by atoms with Gasteiger partial charge < -0.3 is 20.5 Å². The molecule has 0 aromatic heterocycles. The molecule has 0 aliphatic carbocycles. The highest BCUT2D eigenvalue weighted by atomic mass is 35.5. The third-order valence-corrected chi connectivity index (χ3v) is 2.91. The quantitative estimate of drug-likeness (QED) is 0.687. The van der Waals surface area contributed by atoms with Crippen LogP contribution in [0.2, 0.25) is 10.0 Å². The van der Waals surface area contributed by atoms with Gasteiger partial charge in [0.1, 0.15) is 12.4 Å². The Morgan fingerprint density at radius 3 is 2.63 bits per heavy atom. The highest BCUT2D eigenvalue weighted by Crippen LogP contribution is 2.31. The van der Waals surface area contributed by atoms with Crippen LogP contribution in [0.25, 0.3) is 0 Å². The Morgan fingerprint density at radius 1 is 1.16 bits per heavy atom. The molecule has 0 radical (unpaired) electrons. The van der Waals surface area contributed by atoms with Crippen molar-refractivity contribution in [3.05, 3.63) is 27.7 Å². The van der Waals surface area contributed by atoms with Crippen molar-refractivity contribution in [1.29, 1.82) is 0 Å². The van der Waals surface area contributed by atoms with E-state index in [4.69, 9.17) is 38.4 Å². The summed E-state index contributed by atoms with van der Waals surface area (Å²) in [6.45, 7) is 5.75. The Bertz CT molecular complexity index is 366. The average molecular weight is 307 g/mol. The first kappa shape index (κ1) is 16.5. The van der Waals surface area contributed by atoms with Gasteiger partial charge in [0.05, 0.1) is 18.2 Å². The summed E-state index contributed by atoms with van der Waals surface area (Å²) in [5.41, 5.74) is 6.27. The number of nitrogens with one attached hydrogen (secondary N) is 1. The van der Waals surface area contributed by atoms with Gasteiger partial charge in [-0.05, 0) is 24.6 Å². The molecule has 0 unspecified atom stereocenters. The van der Waals surface area contributed by atoms with Crippen LogP contribution in [-0.2, 0) is 4.74 Å². The summed E-state index contributed by atoms with van der Waals surface area (Å²) >= 11 is 11.9. The molecule has 108 valence electrons. The predicted molar refractivity (Wildman–Crippen MR) is 79.4 cm³/mol. The predicted octanol–water partition coefficient (Wildman–Crippen LogP) is 2.25. The van der Waals surface area contributed by atoms with Gasteiger partial charge in [-0.15, -0.1) is 0 Å². The number of aryl methyl sites for hydroxylation is 1. The molecule has 0 aliphatic rings. The summed E-state index contributed by atoms with van der Waals surface area (Å²) < 4.78 is 11.0. The number of halogens is 2. The maximum Gasteiger partial charge on any atom is 0.141 e. The molecule has 6 heteroatoms. The van der Waals surface area contributed by atoms with Crippen LogP contribution in [0, 0.1) is 6.92 Å². The Hall–Kier alpha value is -0.520. The summed E-state index contributed by atoms with van der Waals surface area (Å²) in [5.74, 6) is 0.663. The lowest BCUT2D eigenvalue weighted by Crippen LogP contribution is -2.26. The van der Waals surface area contributed by atoms with Crippen molar-refractivity contribution in [1.82, 2.24) is 5.32 Å². The first-order valence-corrected chi connectivity index (χ1v) is 6.97. The maximum atomic E-state index is 6.06. The van der Waals surface area contributed by atoms with Crippen molar-refractivity contribution in [2.75, 3.05) is 39.5 Å². The first-order valence-electron chi connectivity index (χ1n) is 6.22. The normalized spacial score (nSPS) is 10.7. The molecule has 0 amide bonds. The maximum absolute atomic E-state index is 6.06. The fourth-order valence-corrected chi connectivity index (χ4v) is 2.20. The lowest BCUT2D eigenvalue weighted by Gasteiger charge is -2.11. The largest absolute Gasteiger partial charge is 0.489 e. The van der Waals surface area contributed by atoms with Gasteiger partial charge in [0, 0.05) is 24.7 Å². The van der Waals surface area contributed by atoms with E-state index in [1.807, 2.05) is 13.0 Å². The monoisotopic (exact) mass is 306 g/mol. The minimum atomic E-state index is 0.457. The van der Waals surface area contributed by atoms with Crippen molar-refractivity contribution < 1.29 is 9.47 Å². The van der Waals surface area contributed by atoms with Crippen molar-refractivity contribution in [2.45, 2.75) is 6.92 Å². The Labute approximate surface area is 124 Å². The number of benzene rings is 1. The Balaban J connectivity index is 2.19. The minimum absolute atomic E-state index is 0.457. The molecule has 0 heterocycles. The van der Waals surface area contributed by atoms with Gasteiger partial charge in [-0.1, -0.05) is 23.2 Å². The molecule has 0 spiro atoms. The van der Waals surface area contributed by atoms with E-state index in [0.717, 1.165) is 18.7 Å². The fourth-order valence-electron chi connectivity index (χ4n) is 1.55. The molecular formula is C13H20Cl2N2O2.